The van der Waals surface area contributed by atoms with Crippen LogP contribution in [0.25, 0.3) is 0 Å². The molecule has 1 aromatic heterocycles. The zero-order valence-corrected chi connectivity index (χ0v) is 9.33. The summed E-state index contributed by atoms with van der Waals surface area (Å²) in [6.45, 7) is 0.986. The van der Waals surface area contributed by atoms with Crippen LogP contribution in [-0.4, -0.2) is 17.6 Å². The summed E-state index contributed by atoms with van der Waals surface area (Å²) in [6, 6.07) is 4.60. The summed E-state index contributed by atoms with van der Waals surface area (Å²) in [7, 11) is 0. The van der Waals surface area contributed by atoms with Crippen molar-refractivity contribution in [1.82, 2.24) is 10.3 Å². The fourth-order valence-corrected chi connectivity index (χ4v) is 1.73. The van der Waals surface area contributed by atoms with E-state index in [-0.39, 0.29) is 11.7 Å². The Morgan fingerprint density at radius 2 is 2.29 bits per heavy atom. The monoisotopic (exact) mass is 229 g/mol. The molecule has 1 atom stereocenters. The summed E-state index contributed by atoms with van der Waals surface area (Å²) < 4.78 is 13.0. The van der Waals surface area contributed by atoms with Crippen molar-refractivity contribution in [2.45, 2.75) is 25.3 Å². The maximum absolute atomic E-state index is 13.0. The van der Waals surface area contributed by atoms with Crippen molar-refractivity contribution in [3.05, 3.63) is 29.3 Å². The number of pyridine rings is 1. The average molecular weight is 229 g/mol. The second-order valence-corrected chi connectivity index (χ2v) is 3.91. The summed E-state index contributed by atoms with van der Waals surface area (Å²) >= 11 is 0. The zero-order chi connectivity index (χ0) is 12.1. The summed E-state index contributed by atoms with van der Waals surface area (Å²) in [5.74, 6) is 5.33. The second-order valence-electron chi connectivity index (χ2n) is 3.91. The van der Waals surface area contributed by atoms with Crippen molar-refractivity contribution in [3.63, 3.8) is 0 Å². The molecule has 1 fully saturated rings. The van der Waals surface area contributed by atoms with E-state index >= 15 is 0 Å². The van der Waals surface area contributed by atoms with Gasteiger partial charge < -0.3 is 5.32 Å². The predicted octanol–water partition coefficient (Wildman–Crippen LogP) is 1.59. The molecule has 0 spiro atoms. The van der Waals surface area contributed by atoms with Gasteiger partial charge in [-0.15, -0.1) is 0 Å². The van der Waals surface area contributed by atoms with E-state index in [4.69, 9.17) is 5.26 Å². The van der Waals surface area contributed by atoms with Crippen molar-refractivity contribution in [2.24, 2.45) is 0 Å². The lowest BCUT2D eigenvalue weighted by molar-refractivity contribution is 0.464. The van der Waals surface area contributed by atoms with Crippen LogP contribution in [0.15, 0.2) is 12.1 Å². The number of aromatic nitrogens is 1. The Bertz CT molecular complexity index is 502. The fourth-order valence-electron chi connectivity index (χ4n) is 1.73. The van der Waals surface area contributed by atoms with Gasteiger partial charge in [0.15, 0.2) is 11.5 Å². The molecule has 1 aromatic rings. The van der Waals surface area contributed by atoms with Crippen LogP contribution in [-0.2, 0) is 0 Å². The SMILES string of the molecule is N#Cc1nc(C#CC2CCCCN2)ccc1F. The Kier molecular flexibility index (Phi) is 3.69. The Morgan fingerprint density at radius 3 is 3.00 bits per heavy atom. The van der Waals surface area contributed by atoms with Crippen LogP contribution in [0, 0.1) is 29.0 Å². The summed E-state index contributed by atoms with van der Waals surface area (Å²) in [4.78, 5) is 3.84. The summed E-state index contributed by atoms with van der Waals surface area (Å²) in [6.07, 6.45) is 3.39. The highest BCUT2D eigenvalue weighted by Gasteiger charge is 2.09. The maximum atomic E-state index is 13.0. The minimum atomic E-state index is -0.603. The molecule has 0 aromatic carbocycles. The van der Waals surface area contributed by atoms with Crippen molar-refractivity contribution < 1.29 is 4.39 Å². The van der Waals surface area contributed by atoms with Crippen LogP contribution in [0.4, 0.5) is 4.39 Å². The zero-order valence-electron chi connectivity index (χ0n) is 9.33. The average Bonchev–Trinajstić information content (AvgIpc) is 2.39. The third-order valence-corrected chi connectivity index (χ3v) is 2.64. The molecule has 1 aliphatic heterocycles. The number of nitriles is 1. The van der Waals surface area contributed by atoms with E-state index in [0.29, 0.717) is 5.69 Å². The first-order chi connectivity index (χ1) is 8.29. The molecule has 4 heteroatoms. The smallest absolute Gasteiger partial charge is 0.177 e. The summed E-state index contributed by atoms with van der Waals surface area (Å²) in [5.41, 5.74) is 0.240. The van der Waals surface area contributed by atoms with Gasteiger partial charge in [0.25, 0.3) is 0 Å². The van der Waals surface area contributed by atoms with Crippen LogP contribution in [0.3, 0.4) is 0 Å². The van der Waals surface area contributed by atoms with E-state index in [1.165, 1.54) is 25.0 Å². The Balaban J connectivity index is 2.13. The number of rotatable bonds is 0. The first-order valence-corrected chi connectivity index (χ1v) is 5.61. The highest BCUT2D eigenvalue weighted by atomic mass is 19.1. The van der Waals surface area contributed by atoms with Gasteiger partial charge in [-0.25, -0.2) is 9.37 Å². The van der Waals surface area contributed by atoms with Gasteiger partial charge in [0.1, 0.15) is 11.8 Å². The van der Waals surface area contributed by atoms with Crippen molar-refractivity contribution in [1.29, 1.82) is 5.26 Å². The Hall–Kier alpha value is -1.91. The first-order valence-electron chi connectivity index (χ1n) is 5.61. The Labute approximate surface area is 99.7 Å². The first kappa shape index (κ1) is 11.6. The van der Waals surface area contributed by atoms with Crippen molar-refractivity contribution >= 4 is 0 Å². The number of piperidine rings is 1. The molecule has 0 amide bonds. The van der Waals surface area contributed by atoms with Crippen molar-refractivity contribution in [3.8, 4) is 17.9 Å². The fraction of sp³-hybridized carbons (Fsp3) is 0.385. The minimum absolute atomic E-state index is 0.182. The molecule has 0 bridgehead atoms. The number of nitrogens with zero attached hydrogens (tertiary/aromatic N) is 2. The molecule has 86 valence electrons. The quantitative estimate of drug-likeness (QED) is 0.687. The highest BCUT2D eigenvalue weighted by Crippen LogP contribution is 2.07. The van der Waals surface area contributed by atoms with E-state index in [1.54, 1.807) is 6.07 Å². The molecular formula is C13H12FN3. The van der Waals surface area contributed by atoms with Gasteiger partial charge in [-0.1, -0.05) is 5.92 Å². The van der Waals surface area contributed by atoms with Gasteiger partial charge in [0.05, 0.1) is 6.04 Å². The molecule has 0 radical (unpaired) electrons. The maximum Gasteiger partial charge on any atom is 0.177 e. The highest BCUT2D eigenvalue weighted by molar-refractivity contribution is 5.34. The normalized spacial score (nSPS) is 18.9. The van der Waals surface area contributed by atoms with Crippen molar-refractivity contribution in [2.75, 3.05) is 6.54 Å². The minimum Gasteiger partial charge on any atom is -0.304 e. The molecule has 1 N–H and O–H groups in total. The van der Waals surface area contributed by atoms with E-state index in [0.717, 1.165) is 13.0 Å². The van der Waals surface area contributed by atoms with Crippen LogP contribution < -0.4 is 5.32 Å². The lowest BCUT2D eigenvalue weighted by Gasteiger charge is -2.17. The number of hydrogen-bond acceptors (Lipinski definition) is 3. The molecule has 2 rings (SSSR count). The lowest BCUT2D eigenvalue weighted by Crippen LogP contribution is -2.32. The largest absolute Gasteiger partial charge is 0.304 e. The third-order valence-electron chi connectivity index (χ3n) is 2.64. The van der Waals surface area contributed by atoms with Gasteiger partial charge in [-0.3, -0.25) is 0 Å². The molecule has 1 saturated heterocycles. The molecule has 0 saturated carbocycles. The van der Waals surface area contributed by atoms with E-state index in [1.807, 2.05) is 0 Å². The second kappa shape index (κ2) is 5.43. The number of hydrogen-bond donors (Lipinski definition) is 1. The van der Waals surface area contributed by atoms with Crippen LogP contribution in [0.1, 0.15) is 30.7 Å². The van der Waals surface area contributed by atoms with Crippen LogP contribution in [0.2, 0.25) is 0 Å². The van der Waals surface area contributed by atoms with Gasteiger partial charge in [0, 0.05) is 0 Å². The molecule has 2 heterocycles. The third kappa shape index (κ3) is 3.03. The van der Waals surface area contributed by atoms with Gasteiger partial charge in [-0.2, -0.15) is 5.26 Å². The topological polar surface area (TPSA) is 48.7 Å². The van der Waals surface area contributed by atoms with E-state index < -0.39 is 5.82 Å². The van der Waals surface area contributed by atoms with E-state index in [2.05, 4.69) is 22.1 Å². The number of nitrogens with one attached hydrogen (secondary N) is 1. The lowest BCUT2D eigenvalue weighted by atomic mass is 10.1. The standard InChI is InChI=1S/C13H12FN3/c14-12-7-6-11(17-13(12)9-15)5-4-10-3-1-2-8-16-10/h6-7,10,16H,1-3,8H2. The predicted molar refractivity (Wildman–Crippen MR) is 61.4 cm³/mol. The number of halogens is 1. The van der Waals surface area contributed by atoms with Crippen LogP contribution >= 0.6 is 0 Å². The molecule has 17 heavy (non-hydrogen) atoms. The molecule has 1 aliphatic rings. The van der Waals surface area contributed by atoms with Gasteiger partial charge in [-0.05, 0) is 43.9 Å². The van der Waals surface area contributed by atoms with Crippen LogP contribution in [0.5, 0.6) is 0 Å². The van der Waals surface area contributed by atoms with E-state index in [9.17, 15) is 4.39 Å². The summed E-state index contributed by atoms with van der Waals surface area (Å²) in [5, 5.41) is 11.9. The Morgan fingerprint density at radius 1 is 1.41 bits per heavy atom. The molecular weight excluding hydrogens is 217 g/mol. The molecule has 1 unspecified atom stereocenters. The van der Waals surface area contributed by atoms with Gasteiger partial charge >= 0.3 is 0 Å². The van der Waals surface area contributed by atoms with Gasteiger partial charge in [0.2, 0.25) is 0 Å². The molecule has 0 aliphatic carbocycles. The molecule has 3 nitrogen and oxygen atoms in total.